The van der Waals surface area contributed by atoms with Crippen LogP contribution in [0.1, 0.15) is 23.5 Å². The van der Waals surface area contributed by atoms with Gasteiger partial charge < -0.3 is 19.4 Å². The van der Waals surface area contributed by atoms with E-state index in [1.54, 1.807) is 42.6 Å². The molecule has 2 atom stereocenters. The third-order valence-corrected chi connectivity index (χ3v) is 7.05. The fourth-order valence-corrected chi connectivity index (χ4v) is 5.39. The van der Waals surface area contributed by atoms with Gasteiger partial charge in [0, 0.05) is 23.6 Å². The van der Waals surface area contributed by atoms with Gasteiger partial charge in [-0.2, -0.15) is 0 Å². The molecular weight excluding hydrogens is 542 g/mol. The summed E-state index contributed by atoms with van der Waals surface area (Å²) in [6, 6.07) is 19.5. The number of methoxy groups -OCH3 is 1. The summed E-state index contributed by atoms with van der Waals surface area (Å²) in [5.41, 5.74) is 2.33. The van der Waals surface area contributed by atoms with Crippen LogP contribution in [-0.4, -0.2) is 36.8 Å². The lowest BCUT2D eigenvalue weighted by Crippen LogP contribution is -2.29. The van der Waals surface area contributed by atoms with Gasteiger partial charge in [0.1, 0.15) is 23.3 Å². The average Bonchev–Trinajstić information content (AvgIpc) is 3.53. The van der Waals surface area contributed by atoms with E-state index in [2.05, 4.69) is 15.0 Å². The summed E-state index contributed by atoms with van der Waals surface area (Å²) in [4.78, 5) is 17.1. The van der Waals surface area contributed by atoms with Crippen LogP contribution in [-0.2, 0) is 10.0 Å². The zero-order valence-electron chi connectivity index (χ0n) is 20.8. The van der Waals surface area contributed by atoms with Crippen LogP contribution in [0.3, 0.4) is 0 Å². The number of ether oxygens (including phenoxy) is 1. The molecule has 39 heavy (non-hydrogen) atoms. The Labute approximate surface area is 229 Å². The quantitative estimate of drug-likeness (QED) is 0.174. The summed E-state index contributed by atoms with van der Waals surface area (Å²) in [5, 5.41) is 15.0. The molecular formula is C26H23N5O6S2. The normalized spacial score (nSPS) is 17.1. The first kappa shape index (κ1) is 26.1. The number of anilines is 2. The van der Waals surface area contributed by atoms with Crippen molar-refractivity contribution in [3.63, 3.8) is 0 Å². The highest BCUT2D eigenvalue weighted by atomic mass is 32.2. The molecule has 1 aliphatic rings. The van der Waals surface area contributed by atoms with Crippen molar-refractivity contribution < 1.29 is 22.5 Å². The van der Waals surface area contributed by atoms with E-state index in [0.29, 0.717) is 39.3 Å². The van der Waals surface area contributed by atoms with Crippen LogP contribution in [0.2, 0.25) is 0 Å². The molecule has 0 unspecified atom stereocenters. The summed E-state index contributed by atoms with van der Waals surface area (Å²) in [5.74, 6) is 1.32. The smallest absolute Gasteiger partial charge is 0.273 e. The van der Waals surface area contributed by atoms with E-state index >= 15 is 0 Å². The number of pyridine rings is 1. The van der Waals surface area contributed by atoms with Crippen molar-refractivity contribution in [1.29, 1.82) is 0 Å². The molecule has 5 rings (SSSR count). The molecule has 2 aromatic carbocycles. The summed E-state index contributed by atoms with van der Waals surface area (Å²) in [6.45, 7) is 0. The van der Waals surface area contributed by atoms with E-state index in [-0.39, 0.29) is 11.7 Å². The van der Waals surface area contributed by atoms with Gasteiger partial charge in [0.2, 0.25) is 10.0 Å². The van der Waals surface area contributed by atoms with Crippen LogP contribution in [0.15, 0.2) is 83.4 Å². The molecule has 1 fully saturated rings. The first-order valence-electron chi connectivity index (χ1n) is 11.7. The lowest BCUT2D eigenvalue weighted by atomic mass is 10.0. The number of hydrogen-bond donors (Lipinski definition) is 2. The Bertz CT molecular complexity index is 1640. The second kappa shape index (κ2) is 10.3. The number of furan rings is 1. The number of benzene rings is 2. The topological polar surface area (TPSA) is 140 Å². The maximum atomic E-state index is 11.6. The molecule has 2 aromatic heterocycles. The molecule has 0 bridgehead atoms. The Morgan fingerprint density at radius 2 is 1.90 bits per heavy atom. The summed E-state index contributed by atoms with van der Waals surface area (Å²) in [6.07, 6.45) is 2.78. The Morgan fingerprint density at radius 3 is 2.54 bits per heavy atom. The number of nitrogens with zero attached hydrogens (tertiary/aromatic N) is 3. The first-order chi connectivity index (χ1) is 18.6. The fraction of sp³-hybridized carbons (Fsp3) is 0.154. The third kappa shape index (κ3) is 5.40. The molecule has 0 radical (unpaired) electrons. The molecule has 1 saturated heterocycles. The number of nitro benzene ring substituents is 1. The van der Waals surface area contributed by atoms with Crippen molar-refractivity contribution in [3.05, 3.63) is 101 Å². The van der Waals surface area contributed by atoms with Crippen LogP contribution in [0.5, 0.6) is 5.75 Å². The fourth-order valence-electron chi connectivity index (χ4n) is 4.48. The number of nitro groups is 1. The molecule has 3 heterocycles. The minimum absolute atomic E-state index is 0.0945. The Morgan fingerprint density at radius 1 is 1.13 bits per heavy atom. The lowest BCUT2D eigenvalue weighted by Gasteiger charge is -2.26. The van der Waals surface area contributed by atoms with Crippen LogP contribution in [0.25, 0.3) is 11.3 Å². The molecule has 200 valence electrons. The molecule has 0 saturated carbocycles. The van der Waals surface area contributed by atoms with Crippen molar-refractivity contribution in [1.82, 2.24) is 10.3 Å². The van der Waals surface area contributed by atoms with E-state index in [0.717, 1.165) is 11.9 Å². The van der Waals surface area contributed by atoms with E-state index < -0.39 is 21.0 Å². The highest BCUT2D eigenvalue weighted by Crippen LogP contribution is 2.44. The summed E-state index contributed by atoms with van der Waals surface area (Å²) >= 11 is 5.73. The van der Waals surface area contributed by atoms with Crippen molar-refractivity contribution in [3.8, 4) is 17.1 Å². The van der Waals surface area contributed by atoms with Gasteiger partial charge in [-0.1, -0.05) is 6.07 Å². The van der Waals surface area contributed by atoms with Gasteiger partial charge >= 0.3 is 0 Å². The monoisotopic (exact) mass is 565 g/mol. The number of rotatable bonds is 8. The number of nitrogens with one attached hydrogen (secondary N) is 2. The van der Waals surface area contributed by atoms with Gasteiger partial charge in [0.25, 0.3) is 5.69 Å². The van der Waals surface area contributed by atoms with E-state index in [9.17, 15) is 18.5 Å². The second-order valence-corrected chi connectivity index (χ2v) is 10.9. The minimum atomic E-state index is -3.43. The SMILES string of the molecule is COc1cc([N+](=O)[O-])ccc1-c1ccc([C@H]2[C@H](c3ccccn3)NC(=S)N2c2ccc(NS(C)(=O)=O)cc2)o1. The molecule has 13 heteroatoms. The van der Waals surface area contributed by atoms with Gasteiger partial charge in [-0.25, -0.2) is 8.42 Å². The number of non-ortho nitro benzene ring substituents is 1. The lowest BCUT2D eigenvalue weighted by molar-refractivity contribution is -0.384. The average molecular weight is 566 g/mol. The van der Waals surface area contributed by atoms with Crippen LogP contribution in [0, 0.1) is 10.1 Å². The van der Waals surface area contributed by atoms with Gasteiger partial charge in [0.15, 0.2) is 5.11 Å². The number of thiocarbonyl (C=S) groups is 1. The molecule has 0 aliphatic carbocycles. The minimum Gasteiger partial charge on any atom is -0.496 e. The molecule has 2 N–H and O–H groups in total. The Balaban J connectivity index is 1.56. The van der Waals surface area contributed by atoms with Gasteiger partial charge in [-0.3, -0.25) is 19.8 Å². The van der Waals surface area contributed by atoms with E-state index in [4.69, 9.17) is 21.4 Å². The van der Waals surface area contributed by atoms with E-state index in [1.807, 2.05) is 29.2 Å². The highest BCUT2D eigenvalue weighted by Gasteiger charge is 2.42. The Hall–Kier alpha value is -4.49. The zero-order chi connectivity index (χ0) is 27.7. The van der Waals surface area contributed by atoms with Crippen LogP contribution in [0.4, 0.5) is 17.1 Å². The van der Waals surface area contributed by atoms with Crippen molar-refractivity contribution in [2.75, 3.05) is 23.0 Å². The number of aromatic nitrogens is 1. The maximum absolute atomic E-state index is 11.6. The van der Waals surface area contributed by atoms with Gasteiger partial charge in [0.05, 0.1) is 41.7 Å². The zero-order valence-corrected chi connectivity index (χ0v) is 22.4. The second-order valence-electron chi connectivity index (χ2n) is 8.76. The summed E-state index contributed by atoms with van der Waals surface area (Å²) in [7, 11) is -1.99. The highest BCUT2D eigenvalue weighted by molar-refractivity contribution is 7.92. The largest absolute Gasteiger partial charge is 0.496 e. The van der Waals surface area contributed by atoms with Crippen molar-refractivity contribution >= 4 is 44.4 Å². The Kier molecular flexibility index (Phi) is 6.93. The molecule has 1 aliphatic heterocycles. The summed E-state index contributed by atoms with van der Waals surface area (Å²) < 4.78 is 37.5. The number of hydrogen-bond acceptors (Lipinski definition) is 8. The van der Waals surface area contributed by atoms with Crippen LogP contribution < -0.4 is 19.7 Å². The van der Waals surface area contributed by atoms with Gasteiger partial charge in [-0.05, 0) is 66.8 Å². The van der Waals surface area contributed by atoms with Crippen molar-refractivity contribution in [2.24, 2.45) is 0 Å². The van der Waals surface area contributed by atoms with Crippen molar-refractivity contribution in [2.45, 2.75) is 12.1 Å². The standard InChI is InChI=1S/C26H23N5O6S2/c1-36-23-15-18(31(32)33)10-11-19(23)21-12-13-22(37-21)25-24(20-5-3-4-14-27-20)28-26(38)30(25)17-8-6-16(7-9-17)29-39(2,34)35/h3-15,24-25,29H,1-2H3,(H,28,38)/t24-,25-/m0/s1. The maximum Gasteiger partial charge on any atom is 0.273 e. The first-order valence-corrected chi connectivity index (χ1v) is 14.0. The number of sulfonamides is 1. The molecule has 0 spiro atoms. The third-order valence-electron chi connectivity index (χ3n) is 6.13. The van der Waals surface area contributed by atoms with Crippen LogP contribution >= 0.6 is 12.2 Å². The predicted octanol–water partition coefficient (Wildman–Crippen LogP) is 4.81. The van der Waals surface area contributed by atoms with Gasteiger partial charge in [-0.15, -0.1) is 0 Å². The molecule has 0 amide bonds. The van der Waals surface area contributed by atoms with E-state index in [1.165, 1.54) is 19.2 Å². The molecule has 11 nitrogen and oxygen atoms in total. The molecule has 4 aromatic rings. The predicted molar refractivity (Wildman–Crippen MR) is 150 cm³/mol.